The Morgan fingerprint density at radius 1 is 1.19 bits per heavy atom. The number of rotatable bonds is 9. The highest BCUT2D eigenvalue weighted by molar-refractivity contribution is 5.76. The maximum atomic E-state index is 5.76. The standard InChI is InChI=1S/C15H23N3O3/c1-19-8-3-6-18(7-9-20-2)11-15-17-13-5-4-12(16)10-14(13)21-15/h4-5,10H,3,6-9,11,16H2,1-2H3. The van der Waals surface area contributed by atoms with Gasteiger partial charge in [0.15, 0.2) is 5.58 Å². The van der Waals surface area contributed by atoms with Crippen molar-refractivity contribution in [1.29, 1.82) is 0 Å². The van der Waals surface area contributed by atoms with Gasteiger partial charge in [0.2, 0.25) is 5.89 Å². The molecule has 0 bridgehead atoms. The molecule has 2 aromatic rings. The van der Waals surface area contributed by atoms with Crippen LogP contribution >= 0.6 is 0 Å². The van der Waals surface area contributed by atoms with Crippen molar-refractivity contribution >= 4 is 16.8 Å². The summed E-state index contributed by atoms with van der Waals surface area (Å²) >= 11 is 0. The molecule has 0 saturated carbocycles. The van der Waals surface area contributed by atoms with Crippen LogP contribution in [0.3, 0.4) is 0 Å². The first kappa shape index (κ1) is 15.8. The lowest BCUT2D eigenvalue weighted by Crippen LogP contribution is -2.28. The summed E-state index contributed by atoms with van der Waals surface area (Å²) in [5.41, 5.74) is 8.00. The van der Waals surface area contributed by atoms with Crippen LogP contribution in [0.4, 0.5) is 5.69 Å². The number of anilines is 1. The van der Waals surface area contributed by atoms with Gasteiger partial charge in [-0.05, 0) is 18.6 Å². The first-order valence-corrected chi connectivity index (χ1v) is 7.08. The van der Waals surface area contributed by atoms with E-state index in [1.807, 2.05) is 12.1 Å². The first-order valence-electron chi connectivity index (χ1n) is 7.08. The fourth-order valence-corrected chi connectivity index (χ4v) is 2.17. The van der Waals surface area contributed by atoms with Crippen molar-refractivity contribution < 1.29 is 13.9 Å². The zero-order valence-corrected chi connectivity index (χ0v) is 12.7. The van der Waals surface area contributed by atoms with Gasteiger partial charge in [-0.25, -0.2) is 4.98 Å². The van der Waals surface area contributed by atoms with Crippen LogP contribution < -0.4 is 5.73 Å². The number of aromatic nitrogens is 1. The highest BCUT2D eigenvalue weighted by Crippen LogP contribution is 2.19. The molecule has 0 saturated heterocycles. The summed E-state index contributed by atoms with van der Waals surface area (Å²) in [5, 5.41) is 0. The van der Waals surface area contributed by atoms with E-state index in [-0.39, 0.29) is 0 Å². The number of nitrogens with zero attached hydrogens (tertiary/aromatic N) is 2. The number of benzene rings is 1. The van der Waals surface area contributed by atoms with Gasteiger partial charge in [0.05, 0.1) is 13.2 Å². The molecule has 6 heteroatoms. The predicted octanol–water partition coefficient (Wildman–Crippen LogP) is 1.89. The molecule has 0 aliphatic heterocycles. The van der Waals surface area contributed by atoms with Crippen LogP contribution in [0.15, 0.2) is 22.6 Å². The van der Waals surface area contributed by atoms with Crippen molar-refractivity contribution in [1.82, 2.24) is 9.88 Å². The highest BCUT2D eigenvalue weighted by atomic mass is 16.5. The minimum Gasteiger partial charge on any atom is -0.439 e. The first-order chi connectivity index (χ1) is 10.2. The molecule has 0 atom stereocenters. The molecule has 0 amide bonds. The van der Waals surface area contributed by atoms with E-state index in [1.54, 1.807) is 20.3 Å². The number of methoxy groups -OCH3 is 2. The van der Waals surface area contributed by atoms with E-state index in [9.17, 15) is 0 Å². The number of hydrogen-bond acceptors (Lipinski definition) is 6. The Bertz CT molecular complexity index is 556. The Balaban J connectivity index is 2.02. The Morgan fingerprint density at radius 2 is 2.00 bits per heavy atom. The van der Waals surface area contributed by atoms with E-state index in [1.165, 1.54) is 0 Å². The van der Waals surface area contributed by atoms with Crippen LogP contribution in [0.25, 0.3) is 11.1 Å². The molecule has 0 spiro atoms. The highest BCUT2D eigenvalue weighted by Gasteiger charge is 2.11. The lowest BCUT2D eigenvalue weighted by Gasteiger charge is -2.19. The van der Waals surface area contributed by atoms with Crippen LogP contribution in [0.2, 0.25) is 0 Å². The fourth-order valence-electron chi connectivity index (χ4n) is 2.17. The minimum atomic E-state index is 0.654. The Labute approximate surface area is 124 Å². The number of nitrogen functional groups attached to an aromatic ring is 1. The van der Waals surface area contributed by atoms with E-state index in [0.717, 1.165) is 37.2 Å². The van der Waals surface area contributed by atoms with Gasteiger partial charge in [-0.3, -0.25) is 4.90 Å². The Morgan fingerprint density at radius 3 is 2.76 bits per heavy atom. The van der Waals surface area contributed by atoms with Gasteiger partial charge >= 0.3 is 0 Å². The second kappa shape index (κ2) is 7.97. The summed E-state index contributed by atoms with van der Waals surface area (Å²) in [5.74, 6) is 0.698. The van der Waals surface area contributed by atoms with Crippen LogP contribution in [-0.2, 0) is 16.0 Å². The topological polar surface area (TPSA) is 73.8 Å². The SMILES string of the molecule is COCCCN(CCOC)Cc1nc2ccc(N)cc2o1. The smallest absolute Gasteiger partial charge is 0.209 e. The van der Waals surface area contributed by atoms with E-state index in [0.29, 0.717) is 24.7 Å². The van der Waals surface area contributed by atoms with Gasteiger partial charge in [-0.2, -0.15) is 0 Å². The van der Waals surface area contributed by atoms with E-state index in [2.05, 4.69) is 9.88 Å². The van der Waals surface area contributed by atoms with Crippen LogP contribution in [0, 0.1) is 0 Å². The maximum Gasteiger partial charge on any atom is 0.209 e. The summed E-state index contributed by atoms with van der Waals surface area (Å²) in [4.78, 5) is 6.74. The molecule has 6 nitrogen and oxygen atoms in total. The minimum absolute atomic E-state index is 0.654. The molecule has 21 heavy (non-hydrogen) atoms. The fraction of sp³-hybridized carbons (Fsp3) is 0.533. The largest absolute Gasteiger partial charge is 0.439 e. The van der Waals surface area contributed by atoms with Crippen molar-refractivity contribution in [2.24, 2.45) is 0 Å². The molecule has 0 radical (unpaired) electrons. The van der Waals surface area contributed by atoms with Crippen LogP contribution in [0.5, 0.6) is 0 Å². The molecular formula is C15H23N3O3. The third kappa shape index (κ3) is 4.70. The quantitative estimate of drug-likeness (QED) is 0.562. The molecule has 0 fully saturated rings. The monoisotopic (exact) mass is 293 g/mol. The average Bonchev–Trinajstić information content (AvgIpc) is 2.86. The van der Waals surface area contributed by atoms with Crippen LogP contribution in [0.1, 0.15) is 12.3 Å². The molecule has 116 valence electrons. The number of hydrogen-bond donors (Lipinski definition) is 1. The Kier molecular flexibility index (Phi) is 5.98. The second-order valence-corrected chi connectivity index (χ2v) is 4.95. The van der Waals surface area contributed by atoms with Gasteiger partial charge in [0, 0.05) is 45.7 Å². The maximum absolute atomic E-state index is 5.76. The van der Waals surface area contributed by atoms with Crippen molar-refractivity contribution in [3.05, 3.63) is 24.1 Å². The summed E-state index contributed by atoms with van der Waals surface area (Å²) in [7, 11) is 3.42. The summed E-state index contributed by atoms with van der Waals surface area (Å²) in [6.07, 6.45) is 0.966. The molecule has 0 aliphatic rings. The number of fused-ring (bicyclic) bond motifs is 1. The Hall–Kier alpha value is -1.63. The number of ether oxygens (including phenoxy) is 2. The van der Waals surface area contributed by atoms with Gasteiger partial charge in [0.25, 0.3) is 0 Å². The van der Waals surface area contributed by atoms with Crippen molar-refractivity contribution in [2.75, 3.05) is 46.3 Å². The van der Waals surface area contributed by atoms with Crippen LogP contribution in [-0.4, -0.2) is 50.4 Å². The van der Waals surface area contributed by atoms with Crippen molar-refractivity contribution in [2.45, 2.75) is 13.0 Å². The third-order valence-electron chi connectivity index (χ3n) is 3.25. The number of nitrogens with two attached hydrogens (primary N) is 1. The van der Waals surface area contributed by atoms with Gasteiger partial charge in [-0.1, -0.05) is 0 Å². The molecular weight excluding hydrogens is 270 g/mol. The number of oxazole rings is 1. The zero-order valence-electron chi connectivity index (χ0n) is 12.7. The van der Waals surface area contributed by atoms with E-state index < -0.39 is 0 Å². The van der Waals surface area contributed by atoms with E-state index in [4.69, 9.17) is 19.6 Å². The summed E-state index contributed by atoms with van der Waals surface area (Å²) in [6.45, 7) is 3.83. The van der Waals surface area contributed by atoms with Gasteiger partial charge in [0.1, 0.15) is 5.52 Å². The lowest BCUT2D eigenvalue weighted by molar-refractivity contribution is 0.124. The molecule has 2 N–H and O–H groups in total. The molecule has 1 aromatic carbocycles. The van der Waals surface area contributed by atoms with Crippen molar-refractivity contribution in [3.63, 3.8) is 0 Å². The summed E-state index contributed by atoms with van der Waals surface area (Å²) < 4.78 is 16.0. The van der Waals surface area contributed by atoms with Gasteiger partial charge < -0.3 is 19.6 Å². The predicted molar refractivity (Wildman–Crippen MR) is 82.1 cm³/mol. The van der Waals surface area contributed by atoms with E-state index >= 15 is 0 Å². The summed E-state index contributed by atoms with van der Waals surface area (Å²) in [6, 6.07) is 5.51. The molecule has 2 rings (SSSR count). The van der Waals surface area contributed by atoms with Gasteiger partial charge in [-0.15, -0.1) is 0 Å². The molecule has 1 aromatic heterocycles. The van der Waals surface area contributed by atoms with Crippen molar-refractivity contribution in [3.8, 4) is 0 Å². The average molecular weight is 293 g/mol. The lowest BCUT2D eigenvalue weighted by atomic mass is 10.3. The second-order valence-electron chi connectivity index (χ2n) is 4.95. The zero-order chi connectivity index (χ0) is 15.1. The molecule has 1 heterocycles. The molecule has 0 unspecified atom stereocenters. The normalized spacial score (nSPS) is 11.6. The third-order valence-corrected chi connectivity index (χ3v) is 3.25. The molecule has 0 aliphatic carbocycles.